The van der Waals surface area contributed by atoms with E-state index in [0.717, 1.165) is 69.1 Å². The third-order valence-corrected chi connectivity index (χ3v) is 10.2. The molecule has 6 heterocycles. The van der Waals surface area contributed by atoms with E-state index in [9.17, 15) is 0 Å². The number of benzene rings is 2. The molecular formula is C32H34ClFN6O2. The number of anilines is 1. The molecule has 8 nitrogen and oxygen atoms in total. The van der Waals surface area contributed by atoms with E-state index >= 15 is 4.39 Å². The topological polar surface area (TPSA) is 75.6 Å². The van der Waals surface area contributed by atoms with Gasteiger partial charge in [0.2, 0.25) is 0 Å². The molecule has 2 unspecified atom stereocenters. The molecule has 2 aromatic heterocycles. The van der Waals surface area contributed by atoms with Gasteiger partial charge in [0.1, 0.15) is 23.6 Å². The highest BCUT2D eigenvalue weighted by molar-refractivity contribution is 6.36. The van der Waals surface area contributed by atoms with Crippen LogP contribution in [-0.2, 0) is 4.74 Å². The molecule has 4 saturated heterocycles. The first-order valence-corrected chi connectivity index (χ1v) is 15.3. The molecule has 0 saturated carbocycles. The molecular weight excluding hydrogens is 555 g/mol. The monoisotopic (exact) mass is 588 g/mol. The van der Waals surface area contributed by atoms with Crippen molar-refractivity contribution in [3.8, 4) is 17.3 Å². The summed E-state index contributed by atoms with van der Waals surface area (Å²) in [5, 5.41) is 6.52. The van der Waals surface area contributed by atoms with Crippen LogP contribution in [0.4, 0.5) is 10.2 Å². The average molecular weight is 589 g/mol. The van der Waals surface area contributed by atoms with Crippen LogP contribution in [0.3, 0.4) is 0 Å². The van der Waals surface area contributed by atoms with Crippen LogP contribution in [0.15, 0.2) is 42.6 Å². The molecule has 2 bridgehead atoms. The lowest BCUT2D eigenvalue weighted by molar-refractivity contribution is 0.0997. The van der Waals surface area contributed by atoms with E-state index in [0.29, 0.717) is 40.5 Å². The maximum absolute atomic E-state index is 16.7. The zero-order valence-corrected chi connectivity index (χ0v) is 24.4. The van der Waals surface area contributed by atoms with Gasteiger partial charge in [-0.25, -0.2) is 4.39 Å². The summed E-state index contributed by atoms with van der Waals surface area (Å²) in [5.74, 6) is 0.191. The fourth-order valence-electron chi connectivity index (χ4n) is 7.80. The first-order valence-electron chi connectivity index (χ1n) is 15.0. The number of aromatic nitrogens is 3. The van der Waals surface area contributed by atoms with Crippen molar-refractivity contribution in [3.63, 3.8) is 0 Å². The van der Waals surface area contributed by atoms with Gasteiger partial charge < -0.3 is 19.7 Å². The number of nitrogens with one attached hydrogen (secondary N) is 1. The van der Waals surface area contributed by atoms with Crippen LogP contribution in [0.25, 0.3) is 32.9 Å². The number of fused-ring (bicyclic) bond motifs is 5. The van der Waals surface area contributed by atoms with Crippen molar-refractivity contribution in [2.45, 2.75) is 55.8 Å². The largest absolute Gasteiger partial charge is 0.461 e. The molecule has 8 rings (SSSR count). The number of hydrogen-bond donors (Lipinski definition) is 1. The van der Waals surface area contributed by atoms with Crippen molar-refractivity contribution in [1.82, 2.24) is 25.2 Å². The molecule has 2 aromatic carbocycles. The van der Waals surface area contributed by atoms with Crippen LogP contribution in [0.5, 0.6) is 6.01 Å². The van der Waals surface area contributed by atoms with Gasteiger partial charge in [-0.3, -0.25) is 9.88 Å². The lowest BCUT2D eigenvalue weighted by atomic mass is 9.94. The summed E-state index contributed by atoms with van der Waals surface area (Å²) in [6.45, 7) is 4.00. The van der Waals surface area contributed by atoms with E-state index < -0.39 is 5.82 Å². The third-order valence-electron chi connectivity index (χ3n) is 9.84. The van der Waals surface area contributed by atoms with Crippen LogP contribution < -0.4 is 15.0 Å². The molecule has 4 fully saturated rings. The number of ether oxygens (including phenoxy) is 2. The van der Waals surface area contributed by atoms with Crippen LogP contribution >= 0.6 is 11.6 Å². The number of methoxy groups -OCH3 is 1. The summed E-state index contributed by atoms with van der Waals surface area (Å²) in [4.78, 5) is 19.0. The zero-order chi connectivity index (χ0) is 28.4. The fourth-order valence-corrected chi connectivity index (χ4v) is 8.08. The van der Waals surface area contributed by atoms with Crippen LogP contribution in [-0.4, -0.2) is 83.5 Å². The Morgan fingerprint density at radius 1 is 1.10 bits per heavy atom. The van der Waals surface area contributed by atoms with Crippen molar-refractivity contribution in [3.05, 3.63) is 53.4 Å². The molecule has 4 aliphatic rings. The molecule has 10 heteroatoms. The number of hydrogen-bond acceptors (Lipinski definition) is 8. The van der Waals surface area contributed by atoms with Crippen LogP contribution in [0.1, 0.15) is 32.1 Å². The predicted molar refractivity (Wildman–Crippen MR) is 162 cm³/mol. The lowest BCUT2D eigenvalue weighted by Gasteiger charge is -2.34. The Morgan fingerprint density at radius 2 is 1.90 bits per heavy atom. The molecule has 4 aromatic rings. The normalized spacial score (nSPS) is 27.3. The lowest BCUT2D eigenvalue weighted by Crippen LogP contribution is -2.51. The maximum Gasteiger partial charge on any atom is 0.319 e. The van der Waals surface area contributed by atoms with E-state index in [2.05, 4.69) is 20.1 Å². The summed E-state index contributed by atoms with van der Waals surface area (Å²) >= 11 is 6.61. The van der Waals surface area contributed by atoms with Gasteiger partial charge in [0, 0.05) is 61.0 Å². The Hall–Kier alpha value is -3.11. The van der Waals surface area contributed by atoms with E-state index in [-0.39, 0.29) is 28.9 Å². The number of halogens is 2. The second-order valence-corrected chi connectivity index (χ2v) is 12.7. The van der Waals surface area contributed by atoms with E-state index in [1.165, 1.54) is 0 Å². The van der Waals surface area contributed by atoms with Gasteiger partial charge in [0.15, 0.2) is 5.82 Å². The van der Waals surface area contributed by atoms with Gasteiger partial charge in [0.05, 0.1) is 17.0 Å². The summed E-state index contributed by atoms with van der Waals surface area (Å²) in [6.07, 6.45) is 7.25. The minimum atomic E-state index is -0.493. The van der Waals surface area contributed by atoms with E-state index in [1.54, 1.807) is 13.3 Å². The third kappa shape index (κ3) is 4.32. The Bertz CT molecular complexity index is 1670. The maximum atomic E-state index is 16.7. The van der Waals surface area contributed by atoms with Crippen LogP contribution in [0.2, 0.25) is 5.02 Å². The van der Waals surface area contributed by atoms with Crippen molar-refractivity contribution >= 4 is 39.1 Å². The van der Waals surface area contributed by atoms with E-state index in [1.807, 2.05) is 36.4 Å². The first-order chi connectivity index (χ1) is 20.5. The first kappa shape index (κ1) is 26.5. The Labute approximate surface area is 249 Å². The van der Waals surface area contributed by atoms with Crippen molar-refractivity contribution < 1.29 is 13.9 Å². The van der Waals surface area contributed by atoms with E-state index in [4.69, 9.17) is 31.0 Å². The summed E-state index contributed by atoms with van der Waals surface area (Å²) in [6, 6.07) is 12.4. The molecule has 0 aliphatic carbocycles. The van der Waals surface area contributed by atoms with Gasteiger partial charge in [0.25, 0.3) is 0 Å². The van der Waals surface area contributed by atoms with Crippen molar-refractivity contribution in [2.24, 2.45) is 0 Å². The second kappa shape index (κ2) is 10.3. The highest BCUT2D eigenvalue weighted by Gasteiger charge is 2.49. The Kier molecular flexibility index (Phi) is 6.48. The molecule has 4 atom stereocenters. The smallest absolute Gasteiger partial charge is 0.319 e. The van der Waals surface area contributed by atoms with Gasteiger partial charge in [-0.05, 0) is 50.1 Å². The molecule has 0 radical (unpaired) electrons. The quantitative estimate of drug-likeness (QED) is 0.329. The molecule has 0 amide bonds. The fraction of sp³-hybridized carbons (Fsp3) is 0.469. The summed E-state index contributed by atoms with van der Waals surface area (Å²) < 4.78 is 28.8. The molecule has 4 aliphatic heterocycles. The van der Waals surface area contributed by atoms with Gasteiger partial charge >= 0.3 is 6.01 Å². The number of rotatable bonds is 6. The van der Waals surface area contributed by atoms with Crippen molar-refractivity contribution in [1.29, 1.82) is 0 Å². The molecule has 218 valence electrons. The SMILES string of the molecule is CO[C@H]1CN2CCC[C@]2(COc2nc(N3CC4CCC(C3)N4)c3cnc(-c4cccc5cccc(Cl)c45)c(F)c3n2)C1. The minimum Gasteiger partial charge on any atom is -0.461 e. The Balaban J connectivity index is 1.23. The van der Waals surface area contributed by atoms with Gasteiger partial charge in [-0.15, -0.1) is 0 Å². The average Bonchev–Trinajstić information content (AvgIpc) is 3.67. The Morgan fingerprint density at radius 3 is 2.71 bits per heavy atom. The minimum absolute atomic E-state index is 0.102. The standard InChI is InChI=1S/C32H34ClFN6O2/c1-41-22-13-32(11-4-12-40(32)17-22)18-42-31-37-29-24(30(38-31)39-15-20-9-10-21(16-39)36-20)14-35-28(27(29)34)23-7-2-5-19-6-3-8-25(33)26(19)23/h2-3,5-8,14,20-22,36H,4,9-13,15-18H2,1H3/t20?,21?,22-,32-/m1/s1. The highest BCUT2D eigenvalue weighted by atomic mass is 35.5. The van der Waals surface area contributed by atoms with Gasteiger partial charge in [-0.1, -0.05) is 41.9 Å². The number of nitrogens with zero attached hydrogens (tertiary/aromatic N) is 5. The number of pyridine rings is 1. The number of piperazine rings is 1. The molecule has 1 N–H and O–H groups in total. The van der Waals surface area contributed by atoms with Crippen LogP contribution in [0, 0.1) is 5.82 Å². The molecule has 0 spiro atoms. The second-order valence-electron chi connectivity index (χ2n) is 12.3. The molecule has 42 heavy (non-hydrogen) atoms. The predicted octanol–water partition coefficient (Wildman–Crippen LogP) is 5.21. The van der Waals surface area contributed by atoms with Crippen molar-refractivity contribution in [2.75, 3.05) is 44.8 Å². The zero-order valence-electron chi connectivity index (χ0n) is 23.7. The highest BCUT2D eigenvalue weighted by Crippen LogP contribution is 2.41. The van der Waals surface area contributed by atoms with Gasteiger partial charge in [-0.2, -0.15) is 9.97 Å². The summed E-state index contributed by atoms with van der Waals surface area (Å²) in [5.41, 5.74) is 0.973. The summed E-state index contributed by atoms with van der Waals surface area (Å²) in [7, 11) is 1.78.